The normalized spacial score (nSPS) is 11.5. The highest BCUT2D eigenvalue weighted by molar-refractivity contribution is 7.92. The molecule has 0 spiro atoms. The summed E-state index contributed by atoms with van der Waals surface area (Å²) in [5, 5.41) is 3.72. The van der Waals surface area contributed by atoms with E-state index < -0.39 is 10.0 Å². The van der Waals surface area contributed by atoms with Crippen LogP contribution < -0.4 is 10.0 Å². The molecule has 0 radical (unpaired) electrons. The number of hydrogen-bond donors (Lipinski definition) is 2. The van der Waals surface area contributed by atoms with Crippen molar-refractivity contribution in [3.05, 3.63) is 63.6 Å². The first-order valence-corrected chi connectivity index (χ1v) is 10.2. The SMILES string of the molecule is CCS(=O)(=O)Nc1ccc(NC(=O)/C=C/c2cc(Cl)ccc2Cl)cc1C. The maximum Gasteiger partial charge on any atom is 0.248 e. The molecule has 0 heterocycles. The molecule has 138 valence electrons. The van der Waals surface area contributed by atoms with E-state index in [0.29, 0.717) is 32.5 Å². The number of hydrogen-bond acceptors (Lipinski definition) is 3. The van der Waals surface area contributed by atoms with E-state index in [0.717, 1.165) is 0 Å². The molecule has 0 aliphatic carbocycles. The molecule has 2 rings (SSSR count). The summed E-state index contributed by atoms with van der Waals surface area (Å²) in [7, 11) is -3.35. The van der Waals surface area contributed by atoms with Crippen LogP contribution in [0.2, 0.25) is 10.0 Å². The van der Waals surface area contributed by atoms with Crippen molar-refractivity contribution in [3.63, 3.8) is 0 Å². The van der Waals surface area contributed by atoms with E-state index in [4.69, 9.17) is 23.2 Å². The molecular formula is C18H18Cl2N2O3S. The van der Waals surface area contributed by atoms with Gasteiger partial charge in [-0.15, -0.1) is 0 Å². The minimum Gasteiger partial charge on any atom is -0.323 e. The van der Waals surface area contributed by atoms with Crippen LogP contribution in [0.1, 0.15) is 18.1 Å². The zero-order valence-electron chi connectivity index (χ0n) is 14.2. The highest BCUT2D eigenvalue weighted by atomic mass is 35.5. The van der Waals surface area contributed by atoms with Crippen LogP contribution in [-0.4, -0.2) is 20.1 Å². The van der Waals surface area contributed by atoms with Crippen LogP contribution in [0.4, 0.5) is 11.4 Å². The van der Waals surface area contributed by atoms with E-state index in [1.807, 2.05) is 0 Å². The highest BCUT2D eigenvalue weighted by Crippen LogP contribution is 2.23. The predicted molar refractivity (Wildman–Crippen MR) is 108 cm³/mol. The summed E-state index contributed by atoms with van der Waals surface area (Å²) in [5.74, 6) is -0.357. The largest absolute Gasteiger partial charge is 0.323 e. The summed E-state index contributed by atoms with van der Waals surface area (Å²) in [6, 6.07) is 9.89. The van der Waals surface area contributed by atoms with Gasteiger partial charge in [-0.1, -0.05) is 23.2 Å². The van der Waals surface area contributed by atoms with Crippen LogP contribution in [0.5, 0.6) is 0 Å². The molecule has 1 amide bonds. The molecule has 2 aromatic rings. The summed E-state index contributed by atoms with van der Waals surface area (Å²) >= 11 is 12.0. The molecule has 2 aromatic carbocycles. The molecule has 0 aliphatic heterocycles. The Balaban J connectivity index is 2.08. The van der Waals surface area contributed by atoms with E-state index in [2.05, 4.69) is 10.0 Å². The van der Waals surface area contributed by atoms with E-state index in [-0.39, 0.29) is 11.7 Å². The van der Waals surface area contributed by atoms with Crippen molar-refractivity contribution in [2.24, 2.45) is 0 Å². The molecule has 0 saturated heterocycles. The number of aryl methyl sites for hydroxylation is 1. The molecule has 2 N–H and O–H groups in total. The highest BCUT2D eigenvalue weighted by Gasteiger charge is 2.09. The van der Waals surface area contributed by atoms with Crippen LogP contribution in [0, 0.1) is 6.92 Å². The molecule has 0 fully saturated rings. The molecule has 0 bridgehead atoms. The fourth-order valence-electron chi connectivity index (χ4n) is 2.09. The number of rotatable bonds is 6. The van der Waals surface area contributed by atoms with Crippen molar-refractivity contribution in [1.82, 2.24) is 0 Å². The average molecular weight is 413 g/mol. The molecule has 0 aromatic heterocycles. The maximum atomic E-state index is 12.1. The zero-order valence-corrected chi connectivity index (χ0v) is 16.5. The van der Waals surface area contributed by atoms with Gasteiger partial charge >= 0.3 is 0 Å². The Hall–Kier alpha value is -2.02. The van der Waals surface area contributed by atoms with Gasteiger partial charge in [0.25, 0.3) is 0 Å². The Morgan fingerprint density at radius 1 is 1.15 bits per heavy atom. The summed E-state index contributed by atoms with van der Waals surface area (Å²) in [4.78, 5) is 12.1. The second kappa shape index (κ2) is 8.58. The van der Waals surface area contributed by atoms with Gasteiger partial charge in [0.05, 0.1) is 11.4 Å². The van der Waals surface area contributed by atoms with E-state index in [9.17, 15) is 13.2 Å². The number of nitrogens with one attached hydrogen (secondary N) is 2. The quantitative estimate of drug-likeness (QED) is 0.674. The number of benzene rings is 2. The topological polar surface area (TPSA) is 75.3 Å². The third-order valence-corrected chi connectivity index (χ3v) is 5.38. The molecule has 8 heteroatoms. The van der Waals surface area contributed by atoms with Gasteiger partial charge in [-0.05, 0) is 67.4 Å². The van der Waals surface area contributed by atoms with Gasteiger partial charge in [0.2, 0.25) is 15.9 Å². The third kappa shape index (κ3) is 5.76. The van der Waals surface area contributed by atoms with Crippen molar-refractivity contribution in [3.8, 4) is 0 Å². The number of halogens is 2. The van der Waals surface area contributed by atoms with Gasteiger partial charge in [-0.2, -0.15) is 0 Å². The Labute approximate surface area is 163 Å². The van der Waals surface area contributed by atoms with Gasteiger partial charge in [0, 0.05) is 21.8 Å². The molecular weight excluding hydrogens is 395 g/mol. The lowest BCUT2D eigenvalue weighted by atomic mass is 10.2. The monoisotopic (exact) mass is 412 g/mol. The lowest BCUT2D eigenvalue weighted by molar-refractivity contribution is -0.111. The Morgan fingerprint density at radius 3 is 2.54 bits per heavy atom. The number of anilines is 2. The minimum atomic E-state index is -3.35. The summed E-state index contributed by atoms with van der Waals surface area (Å²) in [5.41, 5.74) is 2.36. The standard InChI is InChI=1S/C18H18Cl2N2O3S/c1-3-26(24,25)22-17-8-6-15(10-12(17)2)21-18(23)9-4-13-11-14(19)5-7-16(13)20/h4-11,22H,3H2,1-2H3,(H,21,23)/b9-4+. The number of amides is 1. The molecule has 26 heavy (non-hydrogen) atoms. The first-order chi connectivity index (χ1) is 12.2. The first kappa shape index (κ1) is 20.3. The number of carbonyl (C=O) groups excluding carboxylic acids is 1. The Kier molecular flexibility index (Phi) is 6.69. The Morgan fingerprint density at radius 2 is 1.88 bits per heavy atom. The summed E-state index contributed by atoms with van der Waals surface area (Å²) in [6.07, 6.45) is 2.92. The molecule has 5 nitrogen and oxygen atoms in total. The average Bonchev–Trinajstić information content (AvgIpc) is 2.58. The van der Waals surface area contributed by atoms with E-state index in [1.54, 1.807) is 56.3 Å². The van der Waals surface area contributed by atoms with E-state index in [1.165, 1.54) is 6.08 Å². The minimum absolute atomic E-state index is 0.0121. The number of carbonyl (C=O) groups is 1. The summed E-state index contributed by atoms with van der Waals surface area (Å²) in [6.45, 7) is 3.31. The lowest BCUT2D eigenvalue weighted by Crippen LogP contribution is -2.15. The second-order valence-corrected chi connectivity index (χ2v) is 8.38. The van der Waals surface area contributed by atoms with Gasteiger partial charge < -0.3 is 5.32 Å². The van der Waals surface area contributed by atoms with Crippen LogP contribution in [0.25, 0.3) is 6.08 Å². The van der Waals surface area contributed by atoms with Gasteiger partial charge in [-0.3, -0.25) is 9.52 Å². The molecule has 0 saturated carbocycles. The lowest BCUT2D eigenvalue weighted by Gasteiger charge is -2.11. The van der Waals surface area contributed by atoms with Crippen LogP contribution in [0.15, 0.2) is 42.5 Å². The fourth-order valence-corrected chi connectivity index (χ4v) is 3.16. The van der Waals surface area contributed by atoms with Gasteiger partial charge in [0.1, 0.15) is 0 Å². The molecule has 0 aliphatic rings. The second-order valence-electron chi connectivity index (χ2n) is 5.52. The number of sulfonamides is 1. The van der Waals surface area contributed by atoms with Crippen molar-refractivity contribution < 1.29 is 13.2 Å². The van der Waals surface area contributed by atoms with Crippen LogP contribution >= 0.6 is 23.2 Å². The van der Waals surface area contributed by atoms with Crippen molar-refractivity contribution in [1.29, 1.82) is 0 Å². The third-order valence-electron chi connectivity index (χ3n) is 3.51. The summed E-state index contributed by atoms with van der Waals surface area (Å²) < 4.78 is 25.8. The van der Waals surface area contributed by atoms with Crippen LogP contribution in [0.3, 0.4) is 0 Å². The fraction of sp³-hybridized carbons (Fsp3) is 0.167. The molecule has 0 unspecified atom stereocenters. The molecule has 0 atom stereocenters. The Bertz CT molecular complexity index is 957. The maximum absolute atomic E-state index is 12.1. The zero-order chi connectivity index (χ0) is 19.3. The van der Waals surface area contributed by atoms with Crippen molar-refractivity contribution in [2.75, 3.05) is 15.8 Å². The predicted octanol–water partition coefficient (Wildman–Crippen LogP) is 4.72. The van der Waals surface area contributed by atoms with Gasteiger partial charge in [0.15, 0.2) is 0 Å². The smallest absolute Gasteiger partial charge is 0.248 e. The first-order valence-electron chi connectivity index (χ1n) is 7.75. The van der Waals surface area contributed by atoms with E-state index >= 15 is 0 Å². The van der Waals surface area contributed by atoms with Gasteiger partial charge in [-0.25, -0.2) is 8.42 Å². The van der Waals surface area contributed by atoms with Crippen molar-refractivity contribution >= 4 is 56.6 Å². The van der Waals surface area contributed by atoms with Crippen molar-refractivity contribution in [2.45, 2.75) is 13.8 Å². The van der Waals surface area contributed by atoms with Crippen LogP contribution in [-0.2, 0) is 14.8 Å².